The Morgan fingerprint density at radius 2 is 2.14 bits per heavy atom. The molecule has 2 aromatic rings. The number of thioether (sulfide) groups is 1. The number of ether oxygens (including phenoxy) is 2. The molecule has 1 saturated heterocycles. The molecule has 29 heavy (non-hydrogen) atoms. The molecule has 1 fully saturated rings. The topological polar surface area (TPSA) is 146 Å². The standard InChI is InChI=1S/C18H27N5O5S/c1-5-6-29-17-22-10-13(19)20-8-21-14(10)23(17)15-12(11(25)9(7-24)27-15)28-16(26)18(2,3)4/h8-9,11-12,15,24-25H,5-7H2,1-4H3,(H2,19,20,21)/t9-,11?,12?,15-/m1/s1. The zero-order valence-electron chi connectivity index (χ0n) is 16.9. The Labute approximate surface area is 172 Å². The van der Waals surface area contributed by atoms with Crippen LogP contribution in [0.15, 0.2) is 11.5 Å². The molecule has 4 atom stereocenters. The first-order chi connectivity index (χ1) is 13.7. The summed E-state index contributed by atoms with van der Waals surface area (Å²) < 4.78 is 13.2. The molecule has 0 spiro atoms. The lowest BCUT2D eigenvalue weighted by atomic mass is 9.97. The smallest absolute Gasteiger partial charge is 0.311 e. The van der Waals surface area contributed by atoms with Crippen molar-refractivity contribution in [3.8, 4) is 0 Å². The maximum absolute atomic E-state index is 12.5. The molecule has 160 valence electrons. The van der Waals surface area contributed by atoms with Gasteiger partial charge in [0.1, 0.15) is 18.5 Å². The molecular weight excluding hydrogens is 398 g/mol. The van der Waals surface area contributed by atoms with Crippen molar-refractivity contribution in [2.45, 2.75) is 63.8 Å². The van der Waals surface area contributed by atoms with Crippen LogP contribution in [0.4, 0.5) is 5.82 Å². The maximum atomic E-state index is 12.5. The molecule has 11 heteroatoms. The van der Waals surface area contributed by atoms with E-state index in [0.717, 1.165) is 12.2 Å². The lowest BCUT2D eigenvalue weighted by molar-refractivity contribution is -0.168. The second-order valence-electron chi connectivity index (χ2n) is 7.90. The largest absolute Gasteiger partial charge is 0.454 e. The van der Waals surface area contributed by atoms with Gasteiger partial charge in [0.2, 0.25) is 0 Å². The van der Waals surface area contributed by atoms with E-state index in [0.29, 0.717) is 16.3 Å². The van der Waals surface area contributed by atoms with Crippen LogP contribution >= 0.6 is 11.8 Å². The highest BCUT2D eigenvalue weighted by Crippen LogP contribution is 2.38. The van der Waals surface area contributed by atoms with E-state index in [1.165, 1.54) is 18.1 Å². The van der Waals surface area contributed by atoms with E-state index in [-0.39, 0.29) is 5.82 Å². The van der Waals surface area contributed by atoms with Crippen LogP contribution in [-0.2, 0) is 14.3 Å². The molecule has 3 rings (SSSR count). The summed E-state index contributed by atoms with van der Waals surface area (Å²) in [7, 11) is 0. The number of nitrogens with zero attached hydrogens (tertiary/aromatic N) is 4. The minimum atomic E-state index is -1.21. The molecular formula is C18H27N5O5S. The van der Waals surface area contributed by atoms with Crippen LogP contribution < -0.4 is 5.73 Å². The highest BCUT2D eigenvalue weighted by molar-refractivity contribution is 7.99. The number of aliphatic hydroxyl groups is 2. The maximum Gasteiger partial charge on any atom is 0.311 e. The van der Waals surface area contributed by atoms with Crippen molar-refractivity contribution >= 4 is 34.7 Å². The molecule has 3 heterocycles. The van der Waals surface area contributed by atoms with Gasteiger partial charge in [0.05, 0.1) is 12.0 Å². The number of carbonyl (C=O) groups excluding carboxylic acids is 1. The van der Waals surface area contributed by atoms with Crippen molar-refractivity contribution in [1.29, 1.82) is 0 Å². The average Bonchev–Trinajstić information content (AvgIpc) is 3.18. The number of fused-ring (bicyclic) bond motifs is 1. The molecule has 0 amide bonds. The number of hydrogen-bond donors (Lipinski definition) is 3. The van der Waals surface area contributed by atoms with Crippen molar-refractivity contribution in [3.63, 3.8) is 0 Å². The highest BCUT2D eigenvalue weighted by Gasteiger charge is 2.49. The molecule has 0 radical (unpaired) electrons. The molecule has 2 aromatic heterocycles. The van der Waals surface area contributed by atoms with Gasteiger partial charge in [-0.15, -0.1) is 0 Å². The van der Waals surface area contributed by atoms with Gasteiger partial charge in [-0.3, -0.25) is 9.36 Å². The molecule has 0 bridgehead atoms. The van der Waals surface area contributed by atoms with Gasteiger partial charge < -0.3 is 25.4 Å². The van der Waals surface area contributed by atoms with Gasteiger partial charge in [-0.1, -0.05) is 18.7 Å². The van der Waals surface area contributed by atoms with Crippen molar-refractivity contribution in [2.24, 2.45) is 5.41 Å². The minimum Gasteiger partial charge on any atom is -0.454 e. The van der Waals surface area contributed by atoms with E-state index in [2.05, 4.69) is 15.0 Å². The number of nitrogens with two attached hydrogens (primary N) is 1. The van der Waals surface area contributed by atoms with E-state index in [1.54, 1.807) is 25.3 Å². The Bertz CT molecular complexity index is 883. The van der Waals surface area contributed by atoms with Crippen LogP contribution in [0.2, 0.25) is 0 Å². The summed E-state index contributed by atoms with van der Waals surface area (Å²) in [4.78, 5) is 25.3. The second-order valence-corrected chi connectivity index (χ2v) is 8.96. The first-order valence-electron chi connectivity index (χ1n) is 9.45. The van der Waals surface area contributed by atoms with Crippen molar-refractivity contribution in [1.82, 2.24) is 19.5 Å². The number of carbonyl (C=O) groups is 1. The Morgan fingerprint density at radius 3 is 2.76 bits per heavy atom. The van der Waals surface area contributed by atoms with Crippen LogP contribution in [0, 0.1) is 5.41 Å². The van der Waals surface area contributed by atoms with Gasteiger partial charge in [0, 0.05) is 5.75 Å². The van der Waals surface area contributed by atoms with Crippen molar-refractivity contribution in [2.75, 3.05) is 18.1 Å². The fourth-order valence-electron chi connectivity index (χ4n) is 2.94. The summed E-state index contributed by atoms with van der Waals surface area (Å²) in [5.74, 6) is 0.504. The van der Waals surface area contributed by atoms with E-state index >= 15 is 0 Å². The van der Waals surface area contributed by atoms with Crippen LogP contribution in [0.3, 0.4) is 0 Å². The predicted molar refractivity (Wildman–Crippen MR) is 107 cm³/mol. The summed E-state index contributed by atoms with van der Waals surface area (Å²) in [6.07, 6.45) is -1.88. The number of imidazole rings is 1. The fourth-order valence-corrected chi connectivity index (χ4v) is 3.81. The van der Waals surface area contributed by atoms with E-state index in [4.69, 9.17) is 15.2 Å². The molecule has 0 aromatic carbocycles. The molecule has 1 aliphatic heterocycles. The number of esters is 1. The summed E-state index contributed by atoms with van der Waals surface area (Å²) >= 11 is 1.47. The molecule has 0 saturated carbocycles. The van der Waals surface area contributed by atoms with Crippen LogP contribution in [0.1, 0.15) is 40.3 Å². The Balaban J connectivity index is 2.09. The molecule has 4 N–H and O–H groups in total. The summed E-state index contributed by atoms with van der Waals surface area (Å²) in [6.45, 7) is 6.78. The molecule has 0 aliphatic carbocycles. The SMILES string of the molecule is CCCSc1nc2c(N)ncnc2n1[C@@H]1O[C@H](CO)C(O)C1OC(=O)C(C)(C)C. The van der Waals surface area contributed by atoms with Gasteiger partial charge in [-0.05, 0) is 27.2 Å². The van der Waals surface area contributed by atoms with E-state index < -0.39 is 42.5 Å². The number of nitrogen functional groups attached to an aromatic ring is 1. The van der Waals surface area contributed by atoms with Gasteiger partial charge in [-0.25, -0.2) is 15.0 Å². The van der Waals surface area contributed by atoms with Crippen LogP contribution in [0.25, 0.3) is 11.2 Å². The summed E-state index contributed by atoms with van der Waals surface area (Å²) in [6, 6.07) is 0. The zero-order valence-corrected chi connectivity index (χ0v) is 17.7. The Hall–Kier alpha value is -1.95. The van der Waals surface area contributed by atoms with E-state index in [1.807, 2.05) is 6.92 Å². The van der Waals surface area contributed by atoms with Crippen molar-refractivity contribution < 1.29 is 24.5 Å². The first-order valence-corrected chi connectivity index (χ1v) is 10.4. The lowest BCUT2D eigenvalue weighted by Crippen LogP contribution is -2.39. The summed E-state index contributed by atoms with van der Waals surface area (Å²) in [5.41, 5.74) is 6.00. The minimum absolute atomic E-state index is 0.215. The normalized spacial score (nSPS) is 24.9. The average molecular weight is 426 g/mol. The molecule has 10 nitrogen and oxygen atoms in total. The first kappa shape index (κ1) is 21.8. The van der Waals surface area contributed by atoms with Gasteiger partial charge >= 0.3 is 5.97 Å². The predicted octanol–water partition coefficient (Wildman–Crippen LogP) is 1.12. The molecule has 2 unspecified atom stereocenters. The third-order valence-corrected chi connectivity index (χ3v) is 5.67. The highest BCUT2D eigenvalue weighted by atomic mass is 32.2. The Morgan fingerprint density at radius 1 is 1.41 bits per heavy atom. The van der Waals surface area contributed by atoms with Crippen molar-refractivity contribution in [3.05, 3.63) is 6.33 Å². The number of aliphatic hydroxyl groups excluding tert-OH is 2. The van der Waals surface area contributed by atoms with Crippen LogP contribution in [-0.4, -0.2) is 66.4 Å². The van der Waals surface area contributed by atoms with E-state index in [9.17, 15) is 15.0 Å². The van der Waals surface area contributed by atoms with Gasteiger partial charge in [0.15, 0.2) is 34.5 Å². The lowest BCUT2D eigenvalue weighted by Gasteiger charge is -2.26. The van der Waals surface area contributed by atoms with Gasteiger partial charge in [0.25, 0.3) is 0 Å². The quantitative estimate of drug-likeness (QED) is 0.454. The third kappa shape index (κ3) is 4.18. The third-order valence-electron chi connectivity index (χ3n) is 4.51. The Kier molecular flexibility index (Phi) is 6.32. The zero-order chi connectivity index (χ0) is 21.3. The number of hydrogen-bond acceptors (Lipinski definition) is 10. The molecule has 1 aliphatic rings. The van der Waals surface area contributed by atoms with Crippen LogP contribution in [0.5, 0.6) is 0 Å². The second kappa shape index (κ2) is 8.42. The monoisotopic (exact) mass is 425 g/mol. The summed E-state index contributed by atoms with van der Waals surface area (Å²) in [5, 5.41) is 20.9. The number of rotatable bonds is 6. The number of aromatic nitrogens is 4. The number of anilines is 1. The fraction of sp³-hybridized carbons (Fsp3) is 0.667. The van der Waals surface area contributed by atoms with Gasteiger partial charge in [-0.2, -0.15) is 0 Å².